The number of halogens is 3. The number of oxazole rings is 1. The Morgan fingerprint density at radius 3 is 2.71 bits per heavy atom. The third-order valence-corrected chi connectivity index (χ3v) is 5.05. The first-order chi connectivity index (χ1) is 11.3. The van der Waals surface area contributed by atoms with Crippen LogP contribution in [0.25, 0.3) is 11.1 Å². The van der Waals surface area contributed by atoms with E-state index < -0.39 is 17.5 Å². The Hall–Kier alpha value is -1.93. The van der Waals surface area contributed by atoms with Gasteiger partial charge in [0.15, 0.2) is 5.58 Å². The lowest BCUT2D eigenvalue weighted by Crippen LogP contribution is -2.54. The molecule has 128 valence electrons. The first-order valence-electron chi connectivity index (χ1n) is 7.63. The Bertz CT molecular complexity index is 842. The van der Waals surface area contributed by atoms with Crippen LogP contribution in [0.15, 0.2) is 10.5 Å². The second-order valence-corrected chi connectivity index (χ2v) is 6.69. The zero-order valence-corrected chi connectivity index (χ0v) is 13.3. The molecule has 4 N–H and O–H groups in total. The maximum Gasteiger partial charge on any atom is 0.319 e. The van der Waals surface area contributed by atoms with Crippen molar-refractivity contribution in [3.05, 3.63) is 22.5 Å². The van der Waals surface area contributed by atoms with Gasteiger partial charge in [0.05, 0.1) is 22.8 Å². The van der Waals surface area contributed by atoms with Gasteiger partial charge in [0.25, 0.3) is 0 Å². The number of benzene rings is 1. The number of urea groups is 1. The number of hydrogen-bond acceptors (Lipinski definition) is 4. The number of anilines is 1. The van der Waals surface area contributed by atoms with Gasteiger partial charge in [0.1, 0.15) is 5.52 Å². The summed E-state index contributed by atoms with van der Waals surface area (Å²) in [5, 5.41) is 5.76. The molecule has 2 heterocycles. The Morgan fingerprint density at radius 2 is 2.04 bits per heavy atom. The lowest BCUT2D eigenvalue weighted by molar-refractivity contribution is -0.0552. The Balaban J connectivity index is 1.95. The van der Waals surface area contributed by atoms with Crippen molar-refractivity contribution in [1.29, 1.82) is 0 Å². The van der Waals surface area contributed by atoms with Crippen LogP contribution in [0.2, 0.25) is 5.02 Å². The van der Waals surface area contributed by atoms with Crippen LogP contribution >= 0.6 is 11.6 Å². The zero-order chi connectivity index (χ0) is 17.1. The van der Waals surface area contributed by atoms with Crippen molar-refractivity contribution in [2.75, 3.05) is 5.32 Å². The van der Waals surface area contributed by atoms with Gasteiger partial charge in [0, 0.05) is 18.4 Å². The summed E-state index contributed by atoms with van der Waals surface area (Å²) in [7, 11) is 0. The van der Waals surface area contributed by atoms with E-state index in [1.807, 2.05) is 0 Å². The molecule has 1 aliphatic heterocycles. The molecule has 1 aromatic heterocycles. The quantitative estimate of drug-likeness (QED) is 0.729. The molecule has 0 unspecified atom stereocenters. The number of hydrogen-bond donors (Lipinski definition) is 3. The van der Waals surface area contributed by atoms with Gasteiger partial charge in [-0.15, -0.1) is 0 Å². The molecule has 0 radical (unpaired) electrons. The minimum absolute atomic E-state index is 0.0918. The maximum atomic E-state index is 13.7. The summed E-state index contributed by atoms with van der Waals surface area (Å²) in [6, 6.07) is 1.11. The summed E-state index contributed by atoms with van der Waals surface area (Å²) in [4.78, 5) is 16.3. The molecule has 2 aromatic rings. The van der Waals surface area contributed by atoms with Crippen molar-refractivity contribution in [2.24, 2.45) is 5.73 Å². The van der Waals surface area contributed by atoms with Gasteiger partial charge in [-0.1, -0.05) is 11.6 Å². The van der Waals surface area contributed by atoms with Crippen LogP contribution in [0, 0.1) is 0 Å². The van der Waals surface area contributed by atoms with Crippen LogP contribution in [0.1, 0.15) is 37.1 Å². The first kappa shape index (κ1) is 15.6. The smallest absolute Gasteiger partial charge is 0.319 e. The summed E-state index contributed by atoms with van der Waals surface area (Å²) in [5.74, 6) is -2.41. The fourth-order valence-electron chi connectivity index (χ4n) is 3.59. The minimum Gasteiger partial charge on any atom is -0.439 e. The van der Waals surface area contributed by atoms with Crippen LogP contribution in [0.4, 0.5) is 19.3 Å². The summed E-state index contributed by atoms with van der Waals surface area (Å²) < 4.78 is 33.0. The number of nitrogens with zero attached hydrogens (tertiary/aromatic N) is 1. The number of carbonyl (C=O) groups excluding carboxylic acids is 1. The van der Waals surface area contributed by atoms with Gasteiger partial charge in [-0.3, -0.25) is 0 Å². The normalized spacial score (nSPS) is 21.4. The third kappa shape index (κ3) is 2.24. The summed E-state index contributed by atoms with van der Waals surface area (Å²) in [6.45, 7) is 0.103. The standard InChI is InChI=1S/C15H15ClF2N4O2/c16-7-5-8-12(24-9(6-19)20-8)10-11(7)21-13(23)22-14(10)1-3-15(17,18)4-2-14/h5H,1-4,6,19H2,(H2,21,22,23). The van der Waals surface area contributed by atoms with E-state index in [0.29, 0.717) is 33.3 Å². The molecule has 1 saturated carbocycles. The fraction of sp³-hybridized carbons (Fsp3) is 0.467. The van der Waals surface area contributed by atoms with Crippen molar-refractivity contribution in [2.45, 2.75) is 43.7 Å². The largest absolute Gasteiger partial charge is 0.439 e. The van der Waals surface area contributed by atoms with E-state index in [2.05, 4.69) is 15.6 Å². The second kappa shape index (κ2) is 5.03. The van der Waals surface area contributed by atoms with Gasteiger partial charge >= 0.3 is 6.03 Å². The third-order valence-electron chi connectivity index (χ3n) is 4.76. The summed E-state index contributed by atoms with van der Waals surface area (Å²) in [6.07, 6.45) is -0.458. The van der Waals surface area contributed by atoms with Crippen molar-refractivity contribution in [3.8, 4) is 0 Å². The number of carbonyl (C=O) groups is 1. The first-order valence-corrected chi connectivity index (χ1v) is 8.01. The predicted molar refractivity (Wildman–Crippen MR) is 84.2 cm³/mol. The average Bonchev–Trinajstić information content (AvgIpc) is 2.93. The van der Waals surface area contributed by atoms with E-state index in [4.69, 9.17) is 21.8 Å². The monoisotopic (exact) mass is 356 g/mol. The minimum atomic E-state index is -2.73. The van der Waals surface area contributed by atoms with E-state index in [1.54, 1.807) is 6.07 Å². The molecule has 1 aliphatic carbocycles. The average molecular weight is 357 g/mol. The topological polar surface area (TPSA) is 93.2 Å². The van der Waals surface area contributed by atoms with Crippen LogP contribution in [0.3, 0.4) is 0 Å². The van der Waals surface area contributed by atoms with E-state index in [0.717, 1.165) is 0 Å². The molecular formula is C15H15ClF2N4O2. The predicted octanol–water partition coefficient (Wildman–Crippen LogP) is 3.48. The number of nitrogens with one attached hydrogen (secondary N) is 2. The number of amides is 2. The summed E-state index contributed by atoms with van der Waals surface area (Å²) in [5.41, 5.74) is 6.51. The Morgan fingerprint density at radius 1 is 1.33 bits per heavy atom. The van der Waals surface area contributed by atoms with Crippen LogP contribution < -0.4 is 16.4 Å². The highest BCUT2D eigenvalue weighted by Crippen LogP contribution is 2.51. The molecule has 2 aliphatic rings. The second-order valence-electron chi connectivity index (χ2n) is 6.29. The van der Waals surface area contributed by atoms with Crippen LogP contribution in [-0.2, 0) is 12.1 Å². The number of rotatable bonds is 1. The molecule has 6 nitrogen and oxygen atoms in total. The number of aromatic nitrogens is 1. The highest BCUT2D eigenvalue weighted by Gasteiger charge is 2.50. The molecule has 2 amide bonds. The molecule has 24 heavy (non-hydrogen) atoms. The molecule has 4 rings (SSSR count). The molecular weight excluding hydrogens is 342 g/mol. The lowest BCUT2D eigenvalue weighted by atomic mass is 9.73. The van der Waals surface area contributed by atoms with Gasteiger partial charge < -0.3 is 20.8 Å². The molecule has 1 aromatic carbocycles. The molecule has 9 heteroatoms. The van der Waals surface area contributed by atoms with E-state index in [1.165, 1.54) is 0 Å². The van der Waals surface area contributed by atoms with Gasteiger partial charge in [-0.05, 0) is 18.9 Å². The lowest BCUT2D eigenvalue weighted by Gasteiger charge is -2.44. The van der Waals surface area contributed by atoms with Crippen molar-refractivity contribution in [1.82, 2.24) is 10.3 Å². The highest BCUT2D eigenvalue weighted by atomic mass is 35.5. The van der Waals surface area contributed by atoms with E-state index >= 15 is 0 Å². The van der Waals surface area contributed by atoms with Gasteiger partial charge in [-0.2, -0.15) is 0 Å². The Kier molecular flexibility index (Phi) is 3.27. The molecule has 0 atom stereocenters. The van der Waals surface area contributed by atoms with Crippen LogP contribution in [0.5, 0.6) is 0 Å². The van der Waals surface area contributed by atoms with Crippen LogP contribution in [-0.4, -0.2) is 16.9 Å². The van der Waals surface area contributed by atoms with Gasteiger partial charge in [-0.25, -0.2) is 18.6 Å². The maximum absolute atomic E-state index is 13.7. The Labute approximate surface area is 140 Å². The SMILES string of the molecule is NCc1nc2cc(Cl)c3c(c2o1)C1(CCC(F)(F)CC1)NC(=O)N3. The van der Waals surface area contributed by atoms with E-state index in [9.17, 15) is 13.6 Å². The van der Waals surface area contributed by atoms with E-state index in [-0.39, 0.29) is 32.2 Å². The molecule has 1 spiro atoms. The number of nitrogens with two attached hydrogens (primary N) is 1. The molecule has 0 bridgehead atoms. The van der Waals surface area contributed by atoms with Crippen molar-refractivity contribution < 1.29 is 18.0 Å². The molecule has 0 saturated heterocycles. The number of fused-ring (bicyclic) bond motifs is 4. The summed E-state index contributed by atoms with van der Waals surface area (Å²) >= 11 is 6.29. The fourth-order valence-corrected chi connectivity index (χ4v) is 3.83. The number of alkyl halides is 2. The van der Waals surface area contributed by atoms with Crippen molar-refractivity contribution >= 4 is 34.4 Å². The zero-order valence-electron chi connectivity index (χ0n) is 12.6. The molecule has 1 fully saturated rings. The van der Waals surface area contributed by atoms with Crippen molar-refractivity contribution in [3.63, 3.8) is 0 Å². The van der Waals surface area contributed by atoms with Gasteiger partial charge in [0.2, 0.25) is 11.8 Å². The highest BCUT2D eigenvalue weighted by molar-refractivity contribution is 6.35.